The van der Waals surface area contributed by atoms with Gasteiger partial charge in [-0.1, -0.05) is 12.1 Å². The number of H-pyrrole nitrogens is 1. The van der Waals surface area contributed by atoms with Gasteiger partial charge in [-0.2, -0.15) is 0 Å². The minimum atomic E-state index is -0.204. The molecule has 0 atom stereocenters. The second-order valence-electron chi connectivity index (χ2n) is 7.73. The molecule has 2 aromatic carbocycles. The van der Waals surface area contributed by atoms with Crippen molar-refractivity contribution in [3.05, 3.63) is 62.6 Å². The summed E-state index contributed by atoms with van der Waals surface area (Å²) >= 11 is 5.47. The zero-order chi connectivity index (χ0) is 22.7. The van der Waals surface area contributed by atoms with Gasteiger partial charge in [-0.25, -0.2) is 0 Å². The summed E-state index contributed by atoms with van der Waals surface area (Å²) < 4.78 is 13.2. The summed E-state index contributed by atoms with van der Waals surface area (Å²) in [4.78, 5) is 30.8. The average molecular weight is 454 g/mol. The summed E-state index contributed by atoms with van der Waals surface area (Å²) in [5.41, 5.74) is 1.95. The van der Waals surface area contributed by atoms with E-state index in [1.54, 1.807) is 12.1 Å². The summed E-state index contributed by atoms with van der Waals surface area (Å²) in [5, 5.41) is 0.478. The first-order valence-corrected chi connectivity index (χ1v) is 11.4. The molecule has 1 N–H and O–H groups in total. The van der Waals surface area contributed by atoms with Gasteiger partial charge in [-0.3, -0.25) is 14.2 Å². The molecule has 1 amide bonds. The summed E-state index contributed by atoms with van der Waals surface area (Å²) in [6.07, 6.45) is 2.12. The molecule has 0 unspecified atom stereocenters. The van der Waals surface area contributed by atoms with E-state index in [0.29, 0.717) is 52.5 Å². The molecule has 3 aromatic rings. The van der Waals surface area contributed by atoms with Gasteiger partial charge in [0.05, 0.1) is 30.7 Å². The Morgan fingerprint density at radius 3 is 2.28 bits per heavy atom. The number of nitrogens with one attached hydrogen (secondary N) is 1. The zero-order valence-corrected chi connectivity index (χ0v) is 19.2. The van der Waals surface area contributed by atoms with Gasteiger partial charge >= 0.3 is 0 Å². The van der Waals surface area contributed by atoms with Crippen molar-refractivity contribution in [3.8, 4) is 11.5 Å². The van der Waals surface area contributed by atoms with E-state index in [9.17, 15) is 9.59 Å². The molecule has 1 saturated heterocycles. The smallest absolute Gasteiger partial charge is 0.262 e. The molecule has 0 radical (unpaired) electrons. The van der Waals surface area contributed by atoms with E-state index in [2.05, 4.69) is 4.98 Å². The van der Waals surface area contributed by atoms with Gasteiger partial charge in [-0.15, -0.1) is 0 Å². The van der Waals surface area contributed by atoms with Gasteiger partial charge < -0.3 is 19.4 Å². The highest BCUT2D eigenvalue weighted by molar-refractivity contribution is 7.71. The molecule has 1 aliphatic heterocycles. The van der Waals surface area contributed by atoms with Crippen molar-refractivity contribution in [2.24, 2.45) is 0 Å². The fraction of sp³-hybridized carbons (Fsp3) is 0.375. The predicted octanol–water partition coefficient (Wildman–Crippen LogP) is 4.14. The van der Waals surface area contributed by atoms with Crippen molar-refractivity contribution in [2.45, 2.75) is 33.2 Å². The van der Waals surface area contributed by atoms with Crippen LogP contribution in [0.25, 0.3) is 10.9 Å². The van der Waals surface area contributed by atoms with Crippen molar-refractivity contribution in [3.63, 3.8) is 0 Å². The van der Waals surface area contributed by atoms with Crippen LogP contribution in [0.4, 0.5) is 0 Å². The molecular formula is C24H27N3O4S. The predicted molar refractivity (Wildman–Crippen MR) is 126 cm³/mol. The molecule has 0 spiro atoms. The third kappa shape index (κ3) is 4.41. The van der Waals surface area contributed by atoms with E-state index in [0.717, 1.165) is 31.5 Å². The molecule has 0 aliphatic carbocycles. The van der Waals surface area contributed by atoms with E-state index in [1.807, 2.05) is 43.0 Å². The molecule has 1 fully saturated rings. The Morgan fingerprint density at radius 1 is 1.03 bits per heavy atom. The quantitative estimate of drug-likeness (QED) is 0.544. The fourth-order valence-corrected chi connectivity index (χ4v) is 4.24. The molecule has 0 bridgehead atoms. The van der Waals surface area contributed by atoms with Crippen LogP contribution >= 0.6 is 12.2 Å². The maximum Gasteiger partial charge on any atom is 0.262 e. The Hall–Kier alpha value is -3.13. The molecule has 1 aliphatic rings. The van der Waals surface area contributed by atoms with Crippen LogP contribution in [0.2, 0.25) is 0 Å². The molecule has 4 rings (SSSR count). The lowest BCUT2D eigenvalue weighted by atomic mass is 10.1. The van der Waals surface area contributed by atoms with Gasteiger partial charge in [0, 0.05) is 24.7 Å². The highest BCUT2D eigenvalue weighted by Gasteiger charge is 2.19. The first kappa shape index (κ1) is 22.1. The van der Waals surface area contributed by atoms with Crippen molar-refractivity contribution in [1.82, 2.24) is 14.5 Å². The number of aromatic amines is 1. The lowest BCUT2D eigenvalue weighted by molar-refractivity contribution is 0.0793. The van der Waals surface area contributed by atoms with Gasteiger partial charge in [0.25, 0.3) is 11.5 Å². The standard InChI is InChI=1S/C24H27N3O4S/c1-3-30-20-13-18-19(14-21(20)31-4-2)25-24(32)27(23(18)29)15-16-7-9-17(10-8-16)22(28)26-11-5-6-12-26/h7-10,13-14H,3-6,11-12,15H2,1-2H3,(H,25,32). The average Bonchev–Trinajstić information content (AvgIpc) is 3.33. The third-order valence-corrected chi connectivity index (χ3v) is 5.90. The second-order valence-corrected chi connectivity index (χ2v) is 8.11. The van der Waals surface area contributed by atoms with Gasteiger partial charge in [0.1, 0.15) is 0 Å². The second kappa shape index (κ2) is 9.56. The Labute approximate surface area is 191 Å². The monoisotopic (exact) mass is 453 g/mol. The zero-order valence-electron chi connectivity index (χ0n) is 18.3. The molecular weight excluding hydrogens is 426 g/mol. The maximum absolute atomic E-state index is 13.2. The fourth-order valence-electron chi connectivity index (χ4n) is 3.98. The van der Waals surface area contributed by atoms with Crippen LogP contribution in [-0.4, -0.2) is 46.7 Å². The van der Waals surface area contributed by atoms with Crippen molar-refractivity contribution in [2.75, 3.05) is 26.3 Å². The first-order valence-electron chi connectivity index (χ1n) is 11.0. The Kier molecular flexibility index (Phi) is 6.60. The molecule has 1 aromatic heterocycles. The number of nitrogens with zero attached hydrogens (tertiary/aromatic N) is 2. The molecule has 0 saturated carbocycles. The van der Waals surface area contributed by atoms with Crippen LogP contribution in [-0.2, 0) is 6.54 Å². The number of carbonyl (C=O) groups excluding carboxylic acids is 1. The summed E-state index contributed by atoms with van der Waals surface area (Å²) in [6, 6.07) is 10.8. The minimum Gasteiger partial charge on any atom is -0.490 e. The van der Waals surface area contributed by atoms with Crippen LogP contribution in [0.5, 0.6) is 11.5 Å². The van der Waals surface area contributed by atoms with Crippen molar-refractivity contribution in [1.29, 1.82) is 0 Å². The third-order valence-electron chi connectivity index (χ3n) is 5.58. The number of carbonyl (C=O) groups is 1. The lowest BCUT2D eigenvalue weighted by Crippen LogP contribution is -2.27. The first-order chi connectivity index (χ1) is 15.5. The molecule has 168 valence electrons. The highest BCUT2D eigenvalue weighted by Crippen LogP contribution is 2.31. The number of rotatable bonds is 7. The molecule has 7 nitrogen and oxygen atoms in total. The van der Waals surface area contributed by atoms with Crippen LogP contribution in [0.15, 0.2) is 41.2 Å². The maximum atomic E-state index is 13.2. The van der Waals surface area contributed by atoms with Crippen molar-refractivity contribution < 1.29 is 14.3 Å². The van der Waals surface area contributed by atoms with Gasteiger partial charge in [0.15, 0.2) is 16.3 Å². The van der Waals surface area contributed by atoms with Crippen LogP contribution in [0.1, 0.15) is 42.6 Å². The van der Waals surface area contributed by atoms with E-state index in [-0.39, 0.29) is 11.5 Å². The van der Waals surface area contributed by atoms with Crippen LogP contribution in [0.3, 0.4) is 0 Å². The van der Waals surface area contributed by atoms with E-state index >= 15 is 0 Å². The Balaban J connectivity index is 1.65. The number of ether oxygens (including phenoxy) is 2. The number of benzene rings is 2. The Morgan fingerprint density at radius 2 is 1.66 bits per heavy atom. The minimum absolute atomic E-state index is 0.0581. The number of fused-ring (bicyclic) bond motifs is 1. The number of aromatic nitrogens is 2. The van der Waals surface area contributed by atoms with E-state index in [4.69, 9.17) is 21.7 Å². The van der Waals surface area contributed by atoms with Gasteiger partial charge in [-0.05, 0) is 62.7 Å². The summed E-state index contributed by atoms with van der Waals surface area (Å²) in [5.74, 6) is 1.16. The van der Waals surface area contributed by atoms with Crippen LogP contribution in [0, 0.1) is 4.77 Å². The largest absolute Gasteiger partial charge is 0.490 e. The number of hydrogen-bond acceptors (Lipinski definition) is 5. The number of likely N-dealkylation sites (tertiary alicyclic amines) is 1. The van der Waals surface area contributed by atoms with Crippen LogP contribution < -0.4 is 15.0 Å². The SMILES string of the molecule is CCOc1cc2[nH]c(=S)n(Cc3ccc(C(=O)N4CCCC4)cc3)c(=O)c2cc1OCC. The number of amides is 1. The summed E-state index contributed by atoms with van der Waals surface area (Å²) in [7, 11) is 0. The topological polar surface area (TPSA) is 76.6 Å². The van der Waals surface area contributed by atoms with E-state index in [1.165, 1.54) is 4.57 Å². The number of hydrogen-bond donors (Lipinski definition) is 1. The van der Waals surface area contributed by atoms with Crippen molar-refractivity contribution >= 4 is 29.0 Å². The highest BCUT2D eigenvalue weighted by atomic mass is 32.1. The molecule has 2 heterocycles. The summed E-state index contributed by atoms with van der Waals surface area (Å²) in [6.45, 7) is 6.66. The molecule has 32 heavy (non-hydrogen) atoms. The molecule has 8 heteroatoms. The van der Waals surface area contributed by atoms with Gasteiger partial charge in [0.2, 0.25) is 0 Å². The normalized spacial score (nSPS) is 13.5. The Bertz CT molecular complexity index is 1240. The van der Waals surface area contributed by atoms with E-state index < -0.39 is 0 Å². The lowest BCUT2D eigenvalue weighted by Gasteiger charge is -2.15.